The second-order valence-electron chi connectivity index (χ2n) is 8.92. The van der Waals surface area contributed by atoms with Crippen molar-refractivity contribution in [3.63, 3.8) is 0 Å². The third kappa shape index (κ3) is 3.59. The maximum Gasteiger partial charge on any atom is 0.250 e. The maximum atomic E-state index is 11.9. The molecule has 2 N–H and O–H groups in total. The van der Waals surface area contributed by atoms with Gasteiger partial charge in [0, 0.05) is 42.3 Å². The Morgan fingerprint density at radius 1 is 1.06 bits per heavy atom. The summed E-state index contributed by atoms with van der Waals surface area (Å²) in [5.41, 5.74) is 3.32. The summed E-state index contributed by atoms with van der Waals surface area (Å²) in [6, 6.07) is 11.6. The molecule has 2 aliphatic heterocycles. The Labute approximate surface area is 189 Å². The molecule has 2 bridgehead atoms. The standard InChI is InChI=1S/C24H24N6O3/c1-29-5-4-15(8-23(29)32)14-2-3-20(22(31)7-14)21-6-16-11-25-30(24(16)28-27-21)19-9-17-12-33-13-18(10-19)26-17/h2-8,11,17-19,26,31H,9-10,12-13H2,1H3/t17-,18?,19+/m1/s1. The molecule has 33 heavy (non-hydrogen) atoms. The summed E-state index contributed by atoms with van der Waals surface area (Å²) in [4.78, 5) is 11.9. The van der Waals surface area contributed by atoms with Gasteiger partial charge >= 0.3 is 0 Å². The van der Waals surface area contributed by atoms with Crippen molar-refractivity contribution in [1.82, 2.24) is 29.9 Å². The normalized spacial score (nSPS) is 22.5. The Morgan fingerprint density at radius 3 is 2.61 bits per heavy atom. The smallest absolute Gasteiger partial charge is 0.250 e. The largest absolute Gasteiger partial charge is 0.507 e. The first-order valence-corrected chi connectivity index (χ1v) is 11.1. The molecule has 0 saturated carbocycles. The topological polar surface area (TPSA) is 107 Å². The lowest BCUT2D eigenvalue weighted by Gasteiger charge is -2.40. The average molecular weight is 444 g/mol. The Kier molecular flexibility index (Phi) is 4.74. The van der Waals surface area contributed by atoms with Crippen molar-refractivity contribution >= 4 is 11.0 Å². The lowest BCUT2D eigenvalue weighted by molar-refractivity contribution is 0.00905. The molecule has 1 unspecified atom stereocenters. The van der Waals surface area contributed by atoms with Crippen molar-refractivity contribution in [3.05, 3.63) is 59.1 Å². The molecule has 2 fully saturated rings. The number of pyridine rings is 1. The molecule has 2 saturated heterocycles. The molecule has 2 aliphatic rings. The number of nitrogens with zero attached hydrogens (tertiary/aromatic N) is 5. The monoisotopic (exact) mass is 444 g/mol. The first kappa shape index (κ1) is 20.1. The highest BCUT2D eigenvalue weighted by Gasteiger charge is 2.33. The van der Waals surface area contributed by atoms with Crippen molar-refractivity contribution in [2.75, 3.05) is 13.2 Å². The van der Waals surface area contributed by atoms with E-state index in [0.29, 0.717) is 23.3 Å². The van der Waals surface area contributed by atoms with E-state index in [1.165, 1.54) is 4.57 Å². The number of benzene rings is 1. The maximum absolute atomic E-state index is 11.9. The summed E-state index contributed by atoms with van der Waals surface area (Å²) in [6.07, 6.45) is 5.42. The van der Waals surface area contributed by atoms with Crippen molar-refractivity contribution in [2.24, 2.45) is 7.05 Å². The number of nitrogens with one attached hydrogen (secondary N) is 1. The highest BCUT2D eigenvalue weighted by Crippen LogP contribution is 2.34. The van der Waals surface area contributed by atoms with E-state index < -0.39 is 0 Å². The highest BCUT2D eigenvalue weighted by atomic mass is 16.5. The summed E-state index contributed by atoms with van der Waals surface area (Å²) >= 11 is 0. The lowest BCUT2D eigenvalue weighted by Crippen LogP contribution is -2.54. The molecule has 1 aromatic carbocycles. The van der Waals surface area contributed by atoms with Crippen LogP contribution in [0.3, 0.4) is 0 Å². The van der Waals surface area contributed by atoms with E-state index in [2.05, 4.69) is 20.6 Å². The first-order valence-electron chi connectivity index (χ1n) is 11.1. The molecule has 5 heterocycles. The van der Waals surface area contributed by atoms with Gasteiger partial charge in [0.25, 0.3) is 5.56 Å². The van der Waals surface area contributed by atoms with Gasteiger partial charge in [0.05, 0.1) is 31.1 Å². The number of phenols is 1. The van der Waals surface area contributed by atoms with E-state index in [4.69, 9.17) is 4.74 Å². The SMILES string of the molecule is Cn1ccc(-c2ccc(-c3cc4cnn([C@@H]5CC6COC[C@@H](C5)N6)c4nn3)c(O)c2)cc1=O. The van der Waals surface area contributed by atoms with Crippen LogP contribution in [0, 0.1) is 0 Å². The van der Waals surface area contributed by atoms with Crippen LogP contribution in [0.1, 0.15) is 18.9 Å². The van der Waals surface area contributed by atoms with Crippen molar-refractivity contribution in [1.29, 1.82) is 0 Å². The zero-order valence-electron chi connectivity index (χ0n) is 18.2. The second kappa shape index (κ2) is 7.79. The number of fused-ring (bicyclic) bond motifs is 3. The minimum Gasteiger partial charge on any atom is -0.507 e. The fourth-order valence-electron chi connectivity index (χ4n) is 4.91. The van der Waals surface area contributed by atoms with Crippen LogP contribution < -0.4 is 10.9 Å². The number of piperidine rings is 1. The number of aromatic hydroxyl groups is 1. The number of hydrogen-bond acceptors (Lipinski definition) is 7. The molecule has 0 spiro atoms. The summed E-state index contributed by atoms with van der Waals surface area (Å²) < 4.78 is 9.14. The van der Waals surface area contributed by atoms with Crippen molar-refractivity contribution < 1.29 is 9.84 Å². The van der Waals surface area contributed by atoms with Crippen LogP contribution in [0.25, 0.3) is 33.4 Å². The van der Waals surface area contributed by atoms with E-state index in [0.717, 1.165) is 48.2 Å². The van der Waals surface area contributed by atoms with Gasteiger partial charge < -0.3 is 19.7 Å². The fourth-order valence-corrected chi connectivity index (χ4v) is 4.91. The van der Waals surface area contributed by atoms with E-state index >= 15 is 0 Å². The van der Waals surface area contributed by atoms with E-state index in [9.17, 15) is 9.90 Å². The lowest BCUT2D eigenvalue weighted by atomic mass is 9.93. The van der Waals surface area contributed by atoms with Gasteiger partial charge in [-0.1, -0.05) is 6.07 Å². The number of hydrogen-bond donors (Lipinski definition) is 2. The van der Waals surface area contributed by atoms with Crippen molar-refractivity contribution in [2.45, 2.75) is 31.0 Å². The molecule has 6 rings (SSSR count). The first-order chi connectivity index (χ1) is 16.0. The Hall–Kier alpha value is -3.56. The molecule has 0 radical (unpaired) electrons. The minimum absolute atomic E-state index is 0.0837. The van der Waals surface area contributed by atoms with Crippen LogP contribution in [0.15, 0.2) is 53.6 Å². The quantitative estimate of drug-likeness (QED) is 0.499. The van der Waals surface area contributed by atoms with Gasteiger partial charge in [0.15, 0.2) is 5.65 Å². The molecular weight excluding hydrogens is 420 g/mol. The van der Waals surface area contributed by atoms with Gasteiger partial charge in [-0.05, 0) is 48.2 Å². The Bertz CT molecular complexity index is 1400. The predicted octanol–water partition coefficient (Wildman–Crippen LogP) is 2.26. The van der Waals surface area contributed by atoms with E-state index in [1.807, 2.05) is 29.1 Å². The van der Waals surface area contributed by atoms with Crippen molar-refractivity contribution in [3.8, 4) is 28.1 Å². The van der Waals surface area contributed by atoms with Gasteiger partial charge in [-0.15, -0.1) is 10.2 Å². The molecular formula is C24H24N6O3. The highest BCUT2D eigenvalue weighted by molar-refractivity contribution is 5.81. The number of morpholine rings is 1. The molecule has 4 aromatic rings. The van der Waals surface area contributed by atoms with Crippen LogP contribution in [-0.2, 0) is 11.8 Å². The number of rotatable bonds is 3. The predicted molar refractivity (Wildman–Crippen MR) is 123 cm³/mol. The molecule has 0 aliphatic carbocycles. The Morgan fingerprint density at radius 2 is 1.85 bits per heavy atom. The van der Waals surface area contributed by atoms with Gasteiger partial charge in [0.2, 0.25) is 0 Å². The van der Waals surface area contributed by atoms with Crippen LogP contribution in [-0.4, -0.2) is 54.9 Å². The number of phenolic OH excluding ortho intramolecular Hbond substituents is 1. The third-order valence-corrected chi connectivity index (χ3v) is 6.62. The zero-order valence-corrected chi connectivity index (χ0v) is 18.2. The molecule has 3 aromatic heterocycles. The fraction of sp³-hybridized carbons (Fsp3) is 0.333. The van der Waals surface area contributed by atoms with Crippen LogP contribution >= 0.6 is 0 Å². The molecule has 9 heteroatoms. The number of ether oxygens (including phenoxy) is 1. The van der Waals surface area contributed by atoms with Crippen LogP contribution in [0.4, 0.5) is 0 Å². The molecule has 0 amide bonds. The van der Waals surface area contributed by atoms with Crippen LogP contribution in [0.2, 0.25) is 0 Å². The van der Waals surface area contributed by atoms with E-state index in [1.54, 1.807) is 31.4 Å². The van der Waals surface area contributed by atoms with Gasteiger partial charge in [0.1, 0.15) is 5.75 Å². The molecule has 168 valence electrons. The second-order valence-corrected chi connectivity index (χ2v) is 8.92. The summed E-state index contributed by atoms with van der Waals surface area (Å²) in [6.45, 7) is 1.46. The average Bonchev–Trinajstić information content (AvgIpc) is 3.24. The Balaban J connectivity index is 1.31. The summed E-state index contributed by atoms with van der Waals surface area (Å²) in [7, 11) is 1.70. The van der Waals surface area contributed by atoms with Gasteiger partial charge in [-0.2, -0.15) is 5.10 Å². The van der Waals surface area contributed by atoms with Crippen LogP contribution in [0.5, 0.6) is 5.75 Å². The minimum atomic E-state index is -0.103. The summed E-state index contributed by atoms with van der Waals surface area (Å²) in [5, 5.41) is 28.7. The third-order valence-electron chi connectivity index (χ3n) is 6.62. The number of aryl methyl sites for hydroxylation is 1. The summed E-state index contributed by atoms with van der Waals surface area (Å²) in [5.74, 6) is 0.0837. The van der Waals surface area contributed by atoms with E-state index in [-0.39, 0.29) is 17.4 Å². The van der Waals surface area contributed by atoms with Gasteiger partial charge in [-0.25, -0.2) is 4.68 Å². The molecule has 9 nitrogen and oxygen atoms in total. The zero-order chi connectivity index (χ0) is 22.5. The van der Waals surface area contributed by atoms with Gasteiger partial charge in [-0.3, -0.25) is 4.79 Å². The molecule has 3 atom stereocenters. The number of aromatic nitrogens is 5.